The molecule has 0 spiro atoms. The van der Waals surface area contributed by atoms with Gasteiger partial charge in [0.2, 0.25) is 0 Å². The normalized spacial score (nSPS) is 11.7. The van der Waals surface area contributed by atoms with E-state index in [0.717, 1.165) is 28.4 Å². The number of para-hydroxylation sites is 4. The predicted octanol–water partition coefficient (Wildman–Crippen LogP) is 17.0. The van der Waals surface area contributed by atoms with Crippen LogP contribution in [0.4, 0.5) is 17.1 Å². The Morgan fingerprint density at radius 3 is 1.38 bits per heavy atom. The Balaban J connectivity index is 0.923. The molecule has 2 aromatic heterocycles. The molecule has 0 amide bonds. The molecule has 0 saturated heterocycles. The van der Waals surface area contributed by atoms with Gasteiger partial charge in [-0.05, 0) is 112 Å². The maximum absolute atomic E-state index is 2.44. The molecule has 0 aliphatic rings. The molecule has 0 unspecified atom stereocenters. The van der Waals surface area contributed by atoms with Crippen molar-refractivity contribution < 1.29 is 0 Å². The quantitative estimate of drug-likeness (QED) is 0.156. The van der Waals surface area contributed by atoms with Gasteiger partial charge in [0.1, 0.15) is 0 Å². The first-order chi connectivity index (χ1) is 32.3. The van der Waals surface area contributed by atoms with Crippen LogP contribution in [0.3, 0.4) is 0 Å². The number of nitrogens with zero attached hydrogens (tertiary/aromatic N) is 3. The van der Waals surface area contributed by atoms with Crippen LogP contribution < -0.4 is 4.90 Å². The summed E-state index contributed by atoms with van der Waals surface area (Å²) in [7, 11) is 0. The third-order valence-corrected chi connectivity index (χ3v) is 13.3. The van der Waals surface area contributed by atoms with Crippen LogP contribution in [-0.2, 0) is 0 Å². The van der Waals surface area contributed by atoms with Gasteiger partial charge in [0, 0.05) is 49.4 Å². The zero-order valence-corrected chi connectivity index (χ0v) is 35.5. The summed E-state index contributed by atoms with van der Waals surface area (Å²) in [6.45, 7) is 0. The molecule has 0 saturated carbocycles. The van der Waals surface area contributed by atoms with Crippen LogP contribution in [0.25, 0.3) is 98.8 Å². The Morgan fingerprint density at radius 2 is 0.723 bits per heavy atom. The zero-order chi connectivity index (χ0) is 42.8. The highest BCUT2D eigenvalue weighted by atomic mass is 15.1. The summed E-state index contributed by atoms with van der Waals surface area (Å²) < 4.78 is 4.75. The first-order valence-corrected chi connectivity index (χ1v) is 22.3. The second-order valence-corrected chi connectivity index (χ2v) is 16.9. The van der Waals surface area contributed by atoms with Crippen molar-refractivity contribution in [3.8, 4) is 33.6 Å². The Hall–Kier alpha value is -8.66. The van der Waals surface area contributed by atoms with E-state index in [2.05, 4.69) is 263 Å². The van der Waals surface area contributed by atoms with Crippen LogP contribution in [0.5, 0.6) is 0 Å². The number of rotatable bonds is 7. The highest BCUT2D eigenvalue weighted by Crippen LogP contribution is 2.45. The number of anilines is 3. The van der Waals surface area contributed by atoms with Crippen molar-refractivity contribution >= 4 is 82.2 Å². The summed E-state index contributed by atoms with van der Waals surface area (Å²) in [6, 6.07) is 90.7. The Bertz CT molecular complexity index is 3870. The van der Waals surface area contributed by atoms with Gasteiger partial charge in [0.15, 0.2) is 0 Å². The molecule has 13 aromatic rings. The zero-order valence-electron chi connectivity index (χ0n) is 35.5. The molecule has 0 fully saturated rings. The molecule has 13 rings (SSSR count). The lowest BCUT2D eigenvalue weighted by Gasteiger charge is -2.29. The van der Waals surface area contributed by atoms with E-state index in [4.69, 9.17) is 0 Å². The highest BCUT2D eigenvalue weighted by molar-refractivity contribution is 6.13. The highest BCUT2D eigenvalue weighted by Gasteiger charge is 2.21. The molecule has 11 aromatic carbocycles. The maximum atomic E-state index is 2.44. The second kappa shape index (κ2) is 15.0. The molecule has 0 aliphatic heterocycles. The van der Waals surface area contributed by atoms with Crippen molar-refractivity contribution in [2.45, 2.75) is 0 Å². The van der Waals surface area contributed by atoms with Crippen molar-refractivity contribution in [3.63, 3.8) is 0 Å². The molecule has 3 heteroatoms. The van der Waals surface area contributed by atoms with E-state index in [1.807, 2.05) is 0 Å². The summed E-state index contributed by atoms with van der Waals surface area (Å²) in [5.41, 5.74) is 15.3. The summed E-state index contributed by atoms with van der Waals surface area (Å²) in [5, 5.41) is 9.84. The third-order valence-electron chi connectivity index (χ3n) is 13.3. The van der Waals surface area contributed by atoms with E-state index in [-0.39, 0.29) is 0 Å². The van der Waals surface area contributed by atoms with Crippen LogP contribution in [0.15, 0.2) is 249 Å². The number of hydrogen-bond acceptors (Lipinski definition) is 1. The number of aromatic nitrogens is 2. The van der Waals surface area contributed by atoms with Gasteiger partial charge >= 0.3 is 0 Å². The van der Waals surface area contributed by atoms with Crippen molar-refractivity contribution in [3.05, 3.63) is 249 Å². The van der Waals surface area contributed by atoms with E-state index in [1.54, 1.807) is 0 Å². The van der Waals surface area contributed by atoms with Crippen molar-refractivity contribution in [2.75, 3.05) is 4.90 Å². The monoisotopic (exact) mass is 827 g/mol. The Labute approximate surface area is 376 Å². The lowest BCUT2D eigenvalue weighted by atomic mass is 9.95. The summed E-state index contributed by atoms with van der Waals surface area (Å²) >= 11 is 0. The van der Waals surface area contributed by atoms with Crippen molar-refractivity contribution in [2.24, 2.45) is 0 Å². The fourth-order valence-electron chi connectivity index (χ4n) is 10.3. The average molecular weight is 828 g/mol. The van der Waals surface area contributed by atoms with Crippen LogP contribution in [0.2, 0.25) is 0 Å². The first-order valence-electron chi connectivity index (χ1n) is 22.3. The topological polar surface area (TPSA) is 13.1 Å². The molecule has 0 aliphatic carbocycles. The first kappa shape index (κ1) is 36.9. The van der Waals surface area contributed by atoms with Crippen LogP contribution >= 0.6 is 0 Å². The Morgan fingerprint density at radius 1 is 0.262 bits per heavy atom. The van der Waals surface area contributed by atoms with Gasteiger partial charge in [-0.3, -0.25) is 0 Å². The van der Waals surface area contributed by atoms with Crippen molar-refractivity contribution in [1.82, 2.24) is 9.13 Å². The third kappa shape index (κ3) is 5.97. The van der Waals surface area contributed by atoms with Crippen LogP contribution in [0.1, 0.15) is 0 Å². The van der Waals surface area contributed by atoms with E-state index in [0.29, 0.717) is 0 Å². The van der Waals surface area contributed by atoms with Gasteiger partial charge in [-0.25, -0.2) is 0 Å². The van der Waals surface area contributed by atoms with Gasteiger partial charge in [0.25, 0.3) is 0 Å². The number of hydrogen-bond donors (Lipinski definition) is 0. The minimum atomic E-state index is 1.10. The predicted molar refractivity (Wildman–Crippen MR) is 276 cm³/mol. The minimum absolute atomic E-state index is 1.10. The van der Waals surface area contributed by atoms with Crippen LogP contribution in [-0.4, -0.2) is 9.13 Å². The van der Waals surface area contributed by atoms with E-state index in [1.165, 1.54) is 87.4 Å². The lowest BCUT2D eigenvalue weighted by molar-refractivity contribution is 1.18. The number of benzene rings is 11. The average Bonchev–Trinajstić information content (AvgIpc) is 3.90. The molecule has 2 heterocycles. The molecule has 0 bridgehead atoms. The smallest absolute Gasteiger partial charge is 0.0541 e. The molecular formula is C62H41N3. The molecule has 0 N–H and O–H groups in total. The summed E-state index contributed by atoms with van der Waals surface area (Å²) in [6.07, 6.45) is 0. The summed E-state index contributed by atoms with van der Waals surface area (Å²) in [5.74, 6) is 0. The van der Waals surface area contributed by atoms with Gasteiger partial charge < -0.3 is 14.0 Å². The van der Waals surface area contributed by atoms with E-state index in [9.17, 15) is 0 Å². The molecular weight excluding hydrogens is 787 g/mol. The number of fused-ring (bicyclic) bond motifs is 8. The SMILES string of the molecule is c1ccc(-n2c3ccccc3c3cc(-c4ccc(N(c5ccc(-c6ccc(-n7c8ccccc8c8ccccc87)cc6)cc5)c5cccc6ccccc56)c5ccccc45)ccc32)cc1. The van der Waals surface area contributed by atoms with Crippen molar-refractivity contribution in [1.29, 1.82) is 0 Å². The molecule has 3 nitrogen and oxygen atoms in total. The molecule has 0 atom stereocenters. The standard InChI is InChI=1S/C62H41N3/c1-2-17-46(18-3-1)63-60-27-13-10-24-55(60)56-41-45(33-39-62(56)63)49-38-40-61(52-21-7-6-20-51(49)52)64(57-28-14-16-44-15-4-5-19-50(44)57)47-34-29-42(30-35-47)43-31-36-48(37-32-43)65-58-25-11-8-22-53(58)54-23-9-12-26-59(54)65/h1-41H. The largest absolute Gasteiger partial charge is 0.309 e. The summed E-state index contributed by atoms with van der Waals surface area (Å²) in [4.78, 5) is 2.44. The second-order valence-electron chi connectivity index (χ2n) is 16.9. The lowest BCUT2D eigenvalue weighted by Crippen LogP contribution is -2.11. The fraction of sp³-hybridized carbons (Fsp3) is 0. The van der Waals surface area contributed by atoms with E-state index < -0.39 is 0 Å². The van der Waals surface area contributed by atoms with Crippen LogP contribution in [0, 0.1) is 0 Å². The van der Waals surface area contributed by atoms with Gasteiger partial charge in [-0.2, -0.15) is 0 Å². The minimum Gasteiger partial charge on any atom is -0.309 e. The van der Waals surface area contributed by atoms with Gasteiger partial charge in [0.05, 0.1) is 33.4 Å². The van der Waals surface area contributed by atoms with E-state index >= 15 is 0 Å². The molecule has 0 radical (unpaired) electrons. The van der Waals surface area contributed by atoms with Gasteiger partial charge in [-0.15, -0.1) is 0 Å². The molecule has 304 valence electrons. The molecule has 65 heavy (non-hydrogen) atoms. The fourth-order valence-corrected chi connectivity index (χ4v) is 10.3. The Kier molecular flexibility index (Phi) is 8.53. The van der Waals surface area contributed by atoms with Gasteiger partial charge in [-0.1, -0.05) is 170 Å². The maximum Gasteiger partial charge on any atom is 0.0541 e.